The van der Waals surface area contributed by atoms with Gasteiger partial charge in [-0.3, -0.25) is 4.90 Å². The van der Waals surface area contributed by atoms with E-state index in [0.717, 1.165) is 24.7 Å². The van der Waals surface area contributed by atoms with Crippen LogP contribution in [0.4, 0.5) is 0 Å². The van der Waals surface area contributed by atoms with Crippen LogP contribution >= 0.6 is 12.4 Å². The number of rotatable bonds is 1. The van der Waals surface area contributed by atoms with Gasteiger partial charge >= 0.3 is 0 Å². The number of benzene rings is 1. The van der Waals surface area contributed by atoms with Crippen LogP contribution < -0.4 is 0 Å². The summed E-state index contributed by atoms with van der Waals surface area (Å²) >= 11 is 0. The third-order valence-electron chi connectivity index (χ3n) is 4.85. The number of likely N-dealkylation sites (tertiary alicyclic amines) is 1. The molecule has 1 aromatic carbocycles. The number of phenols is 1. The summed E-state index contributed by atoms with van der Waals surface area (Å²) in [5.74, 6) is 2.13. The second-order valence-corrected chi connectivity index (χ2v) is 6.71. The molecule has 1 heterocycles. The van der Waals surface area contributed by atoms with Crippen LogP contribution in [0.15, 0.2) is 18.2 Å². The van der Waals surface area contributed by atoms with E-state index in [1.807, 2.05) is 12.1 Å². The molecule has 3 heteroatoms. The zero-order chi connectivity index (χ0) is 13.4. The second-order valence-electron chi connectivity index (χ2n) is 6.71. The number of hydrogen-bond acceptors (Lipinski definition) is 2. The Morgan fingerprint density at radius 1 is 1.15 bits per heavy atom. The smallest absolute Gasteiger partial charge is 0.119 e. The molecule has 0 amide bonds. The minimum atomic E-state index is 0. The highest BCUT2D eigenvalue weighted by molar-refractivity contribution is 5.85. The van der Waals surface area contributed by atoms with Crippen molar-refractivity contribution in [2.45, 2.75) is 45.6 Å². The van der Waals surface area contributed by atoms with E-state index in [4.69, 9.17) is 0 Å². The lowest BCUT2D eigenvalue weighted by Gasteiger charge is -2.42. The van der Waals surface area contributed by atoms with Crippen molar-refractivity contribution in [3.63, 3.8) is 0 Å². The van der Waals surface area contributed by atoms with E-state index in [1.165, 1.54) is 37.1 Å². The summed E-state index contributed by atoms with van der Waals surface area (Å²) in [6.07, 6.45) is 4.76. The van der Waals surface area contributed by atoms with Gasteiger partial charge in [0.1, 0.15) is 5.75 Å². The molecule has 0 bridgehead atoms. The lowest BCUT2D eigenvalue weighted by molar-refractivity contribution is 0.0875. The van der Waals surface area contributed by atoms with E-state index >= 15 is 0 Å². The van der Waals surface area contributed by atoms with Crippen molar-refractivity contribution in [3.05, 3.63) is 29.3 Å². The summed E-state index contributed by atoms with van der Waals surface area (Å²) in [5, 5.41) is 10.1. The molecule has 1 fully saturated rings. The van der Waals surface area contributed by atoms with Gasteiger partial charge in [0.15, 0.2) is 0 Å². The maximum absolute atomic E-state index is 10.1. The molecule has 112 valence electrons. The molecule has 1 saturated heterocycles. The highest BCUT2D eigenvalue weighted by Crippen LogP contribution is 2.33. The fourth-order valence-electron chi connectivity index (χ4n) is 4.07. The van der Waals surface area contributed by atoms with Gasteiger partial charge in [0.2, 0.25) is 0 Å². The lowest BCUT2D eigenvalue weighted by Crippen LogP contribution is -2.47. The van der Waals surface area contributed by atoms with Crippen molar-refractivity contribution >= 4 is 12.4 Å². The third-order valence-corrected chi connectivity index (χ3v) is 4.85. The van der Waals surface area contributed by atoms with Crippen LogP contribution in [-0.4, -0.2) is 29.1 Å². The largest absolute Gasteiger partial charge is 0.508 e. The van der Waals surface area contributed by atoms with E-state index in [0.29, 0.717) is 11.8 Å². The minimum absolute atomic E-state index is 0. The number of phenolic OH excluding ortho intramolecular Hbond substituents is 1. The van der Waals surface area contributed by atoms with Crippen LogP contribution in [0, 0.1) is 11.8 Å². The molecule has 1 aliphatic carbocycles. The maximum atomic E-state index is 10.1. The van der Waals surface area contributed by atoms with Gasteiger partial charge in [-0.2, -0.15) is 0 Å². The second kappa shape index (κ2) is 6.36. The summed E-state index contributed by atoms with van der Waals surface area (Å²) in [5.41, 5.74) is 2.55. The highest BCUT2D eigenvalue weighted by atomic mass is 35.5. The quantitative estimate of drug-likeness (QED) is 0.855. The fraction of sp³-hybridized carbons (Fsp3) is 0.647. The Morgan fingerprint density at radius 2 is 1.85 bits per heavy atom. The average Bonchev–Trinajstić information content (AvgIpc) is 2.38. The first-order valence-electron chi connectivity index (χ1n) is 7.67. The molecular formula is C17H26ClNO. The molecular weight excluding hydrogens is 270 g/mol. The Bertz CT molecular complexity index is 452. The molecule has 1 unspecified atom stereocenters. The first-order chi connectivity index (χ1) is 9.13. The molecule has 3 rings (SSSR count). The van der Waals surface area contributed by atoms with Gasteiger partial charge in [-0.05, 0) is 54.7 Å². The van der Waals surface area contributed by atoms with Gasteiger partial charge in [0.25, 0.3) is 0 Å². The van der Waals surface area contributed by atoms with E-state index < -0.39 is 0 Å². The van der Waals surface area contributed by atoms with E-state index in [9.17, 15) is 5.11 Å². The number of hydrogen-bond donors (Lipinski definition) is 1. The molecule has 2 nitrogen and oxygen atoms in total. The molecule has 1 aromatic rings. The standard InChI is InChI=1S/C17H25NO.ClH/c1-12-8-13(2)11-18(10-12)15-7-6-14-4-3-5-17(19)16(14)9-15;/h3-5,12-13,15,19H,6-11H2,1-2H3;1H/t12-,13+,15?;. The molecule has 0 saturated carbocycles. The molecule has 0 radical (unpaired) electrons. The number of halogens is 1. The van der Waals surface area contributed by atoms with Gasteiger partial charge in [0.05, 0.1) is 0 Å². The number of piperidine rings is 1. The van der Waals surface area contributed by atoms with Crippen molar-refractivity contribution in [3.8, 4) is 5.75 Å². The van der Waals surface area contributed by atoms with Crippen molar-refractivity contribution in [1.82, 2.24) is 4.90 Å². The van der Waals surface area contributed by atoms with Crippen molar-refractivity contribution in [1.29, 1.82) is 0 Å². The monoisotopic (exact) mass is 295 g/mol. The number of aromatic hydroxyl groups is 1. The van der Waals surface area contributed by atoms with Gasteiger partial charge in [-0.15, -0.1) is 12.4 Å². The molecule has 20 heavy (non-hydrogen) atoms. The minimum Gasteiger partial charge on any atom is -0.508 e. The van der Waals surface area contributed by atoms with Crippen LogP contribution in [0.1, 0.15) is 37.8 Å². The summed E-state index contributed by atoms with van der Waals surface area (Å²) < 4.78 is 0. The van der Waals surface area contributed by atoms with Crippen LogP contribution in [0.5, 0.6) is 5.75 Å². The van der Waals surface area contributed by atoms with Crippen LogP contribution in [0.3, 0.4) is 0 Å². The zero-order valence-electron chi connectivity index (χ0n) is 12.5. The summed E-state index contributed by atoms with van der Waals surface area (Å²) in [6, 6.07) is 6.61. The normalized spacial score (nSPS) is 30.4. The average molecular weight is 296 g/mol. The topological polar surface area (TPSA) is 23.5 Å². The first kappa shape index (κ1) is 15.7. The molecule has 0 spiro atoms. The lowest BCUT2D eigenvalue weighted by atomic mass is 9.84. The predicted molar refractivity (Wildman–Crippen MR) is 85.7 cm³/mol. The van der Waals surface area contributed by atoms with E-state index in [-0.39, 0.29) is 12.4 Å². The molecule has 0 aromatic heterocycles. The van der Waals surface area contributed by atoms with E-state index in [1.54, 1.807) is 0 Å². The number of aryl methyl sites for hydroxylation is 1. The number of fused-ring (bicyclic) bond motifs is 1. The fourth-order valence-corrected chi connectivity index (χ4v) is 4.07. The highest BCUT2D eigenvalue weighted by Gasteiger charge is 2.30. The van der Waals surface area contributed by atoms with Gasteiger partial charge in [0, 0.05) is 19.1 Å². The van der Waals surface area contributed by atoms with E-state index in [2.05, 4.69) is 24.8 Å². The van der Waals surface area contributed by atoms with Gasteiger partial charge < -0.3 is 5.11 Å². The Morgan fingerprint density at radius 3 is 2.55 bits per heavy atom. The predicted octanol–water partition coefficient (Wildman–Crippen LogP) is 3.65. The van der Waals surface area contributed by atoms with Crippen LogP contribution in [0.2, 0.25) is 0 Å². The molecule has 3 atom stereocenters. The van der Waals surface area contributed by atoms with Gasteiger partial charge in [-0.25, -0.2) is 0 Å². The third kappa shape index (κ3) is 3.12. The Balaban J connectivity index is 0.00000147. The van der Waals surface area contributed by atoms with Crippen LogP contribution in [0.25, 0.3) is 0 Å². The Labute approximate surface area is 128 Å². The zero-order valence-corrected chi connectivity index (χ0v) is 13.3. The maximum Gasteiger partial charge on any atom is 0.119 e. The molecule has 1 aliphatic heterocycles. The summed E-state index contributed by atoms with van der Waals surface area (Å²) in [4.78, 5) is 2.67. The number of nitrogens with zero attached hydrogens (tertiary/aromatic N) is 1. The Hall–Kier alpha value is -0.730. The SMILES string of the molecule is C[C@@H]1C[C@H](C)CN(C2CCc3cccc(O)c3C2)C1.Cl. The van der Waals surface area contributed by atoms with Crippen LogP contribution in [-0.2, 0) is 12.8 Å². The van der Waals surface area contributed by atoms with Gasteiger partial charge in [-0.1, -0.05) is 26.0 Å². The Kier molecular flexibility index (Phi) is 4.98. The van der Waals surface area contributed by atoms with Crippen molar-refractivity contribution in [2.24, 2.45) is 11.8 Å². The first-order valence-corrected chi connectivity index (χ1v) is 7.67. The van der Waals surface area contributed by atoms with Crippen molar-refractivity contribution in [2.75, 3.05) is 13.1 Å². The molecule has 1 N–H and O–H groups in total. The van der Waals surface area contributed by atoms with Crippen molar-refractivity contribution < 1.29 is 5.11 Å². The summed E-state index contributed by atoms with van der Waals surface area (Å²) in [7, 11) is 0. The summed E-state index contributed by atoms with van der Waals surface area (Å²) in [6.45, 7) is 7.21. The molecule has 2 aliphatic rings.